The zero-order valence-corrected chi connectivity index (χ0v) is 26.4. The molecule has 2 aliphatic rings. The molecule has 5 rings (SSSR count). The van der Waals surface area contributed by atoms with Gasteiger partial charge in [0.05, 0.1) is 16.9 Å². The number of amides is 3. The van der Waals surface area contributed by atoms with E-state index in [1.165, 1.54) is 12.1 Å². The molecule has 3 aromatic rings. The van der Waals surface area contributed by atoms with E-state index < -0.39 is 0 Å². The fraction of sp³-hybridized carbons (Fsp3) is 0.371. The fourth-order valence-corrected chi connectivity index (χ4v) is 6.13. The predicted octanol–water partition coefficient (Wildman–Crippen LogP) is 5.50. The van der Waals surface area contributed by atoms with Crippen molar-refractivity contribution >= 4 is 34.8 Å². The topological polar surface area (TPSA) is 117 Å². The van der Waals surface area contributed by atoms with Crippen molar-refractivity contribution in [2.45, 2.75) is 57.3 Å². The fourth-order valence-electron chi connectivity index (χ4n) is 6.13. The lowest BCUT2D eigenvalue weighted by molar-refractivity contribution is -0.111. The number of nitrogens with one attached hydrogen (secondary N) is 3. The number of carbonyl (C=O) groups is 2. The number of aromatic nitrogens is 1. The van der Waals surface area contributed by atoms with Crippen LogP contribution in [-0.2, 0) is 11.3 Å². The molecule has 11 heteroatoms. The van der Waals surface area contributed by atoms with Gasteiger partial charge in [0.2, 0.25) is 5.91 Å². The highest BCUT2D eigenvalue weighted by molar-refractivity contribution is 6.02. The Hall–Kier alpha value is -4.95. The van der Waals surface area contributed by atoms with Crippen LogP contribution in [0.2, 0.25) is 0 Å². The predicted molar refractivity (Wildman–Crippen MR) is 179 cm³/mol. The van der Waals surface area contributed by atoms with Gasteiger partial charge in [0.25, 0.3) is 0 Å². The molecule has 10 nitrogen and oxygen atoms in total. The summed E-state index contributed by atoms with van der Waals surface area (Å²) in [7, 11) is 2.11. The van der Waals surface area contributed by atoms with Gasteiger partial charge in [-0.15, -0.1) is 0 Å². The molecule has 2 heterocycles. The minimum absolute atomic E-state index is 0.0423. The summed E-state index contributed by atoms with van der Waals surface area (Å²) in [5.74, 6) is -0.00463. The molecule has 2 fully saturated rings. The number of hydrogen-bond acceptors (Lipinski definition) is 7. The lowest BCUT2D eigenvalue weighted by Gasteiger charge is -2.40. The van der Waals surface area contributed by atoms with Crippen molar-refractivity contribution in [1.82, 2.24) is 15.2 Å². The van der Waals surface area contributed by atoms with E-state index in [2.05, 4.69) is 57.4 Å². The second-order valence-corrected chi connectivity index (χ2v) is 12.0. The zero-order chi connectivity index (χ0) is 32.6. The number of urea groups is 1. The van der Waals surface area contributed by atoms with Gasteiger partial charge in [0, 0.05) is 61.8 Å². The average Bonchev–Trinajstić information content (AvgIpc) is 3.07. The maximum atomic E-state index is 14.4. The van der Waals surface area contributed by atoms with Crippen molar-refractivity contribution in [2.75, 3.05) is 47.1 Å². The van der Waals surface area contributed by atoms with E-state index in [-0.39, 0.29) is 36.4 Å². The lowest BCUT2D eigenvalue weighted by Crippen LogP contribution is -2.50. The van der Waals surface area contributed by atoms with Gasteiger partial charge in [0.1, 0.15) is 17.7 Å². The minimum atomic E-state index is -0.377. The molecular formula is C35H41FN8O2. The standard InChI is InChI=1S/C35H41FN8O2/c1-4-34(45)41-31-19-29(14-15-32(31)43-18-17-42(3)24(2)23-43)44(35(46)39-22-26-7-5-6-8-30(26)36)28-12-10-27(11-13-28)40-33-16-9-25(20-37)21-38-33/h4-9,14-16,19,21,24,27-28H,1,10-13,17-18,22-23H2,2-3H3,(H,38,40)(H,39,46)(H,41,45)/t24-,27?,28?/m0/s1. The number of rotatable bonds is 9. The maximum absolute atomic E-state index is 14.4. The summed E-state index contributed by atoms with van der Waals surface area (Å²) in [6.45, 7) is 8.32. The molecule has 3 N–H and O–H groups in total. The van der Waals surface area contributed by atoms with Gasteiger partial charge in [-0.05, 0) is 82.1 Å². The van der Waals surface area contributed by atoms with E-state index >= 15 is 0 Å². The van der Waals surface area contributed by atoms with Crippen molar-refractivity contribution in [3.05, 3.63) is 90.4 Å². The van der Waals surface area contributed by atoms with Crippen LogP contribution in [0.25, 0.3) is 0 Å². The highest BCUT2D eigenvalue weighted by Gasteiger charge is 2.32. The van der Waals surface area contributed by atoms with E-state index in [4.69, 9.17) is 5.26 Å². The van der Waals surface area contributed by atoms with Crippen LogP contribution in [0.3, 0.4) is 0 Å². The number of hydrogen-bond donors (Lipinski definition) is 3. The molecular weight excluding hydrogens is 583 g/mol. The molecule has 1 aromatic heterocycles. The summed E-state index contributed by atoms with van der Waals surface area (Å²) in [4.78, 5) is 37.1. The molecule has 1 saturated carbocycles. The van der Waals surface area contributed by atoms with Crippen molar-refractivity contribution < 1.29 is 14.0 Å². The number of carbonyl (C=O) groups excluding carboxylic acids is 2. The summed E-state index contributed by atoms with van der Waals surface area (Å²) in [5.41, 5.74) is 3.03. The Morgan fingerprint density at radius 1 is 1.13 bits per heavy atom. The summed E-state index contributed by atoms with van der Waals surface area (Å²) in [6, 6.07) is 17.8. The Labute approximate surface area is 269 Å². The summed E-state index contributed by atoms with van der Waals surface area (Å²) < 4.78 is 14.4. The molecule has 0 spiro atoms. The lowest BCUT2D eigenvalue weighted by atomic mass is 9.89. The first kappa shape index (κ1) is 32.4. The summed E-state index contributed by atoms with van der Waals surface area (Å²) in [6.07, 6.45) is 5.80. The van der Waals surface area contributed by atoms with Gasteiger partial charge in [-0.3, -0.25) is 9.69 Å². The number of anilines is 4. The molecule has 0 bridgehead atoms. The van der Waals surface area contributed by atoms with E-state index in [1.54, 1.807) is 41.4 Å². The van der Waals surface area contributed by atoms with Gasteiger partial charge in [-0.1, -0.05) is 24.8 Å². The molecule has 1 atom stereocenters. The van der Waals surface area contributed by atoms with Gasteiger partial charge in [-0.2, -0.15) is 5.26 Å². The number of nitrogens with zero attached hydrogens (tertiary/aromatic N) is 5. The van der Waals surface area contributed by atoms with E-state index in [0.717, 1.165) is 38.2 Å². The Morgan fingerprint density at radius 2 is 1.91 bits per heavy atom. The van der Waals surface area contributed by atoms with Crippen LogP contribution in [0.4, 0.5) is 32.1 Å². The van der Waals surface area contributed by atoms with Crippen LogP contribution < -0.4 is 25.8 Å². The van der Waals surface area contributed by atoms with Gasteiger partial charge in [0.15, 0.2) is 0 Å². The number of pyridine rings is 1. The van der Waals surface area contributed by atoms with Crippen LogP contribution in [0.5, 0.6) is 0 Å². The SMILES string of the molecule is C=CC(=O)Nc1cc(N(C(=O)NCc2ccccc2F)C2CCC(Nc3ccc(C#N)cn3)CC2)ccc1N1CCN(C)[C@@H](C)C1. The second-order valence-electron chi connectivity index (χ2n) is 12.0. The summed E-state index contributed by atoms with van der Waals surface area (Å²) >= 11 is 0. The highest BCUT2D eigenvalue weighted by Crippen LogP contribution is 2.36. The molecule has 0 unspecified atom stereocenters. The van der Waals surface area contributed by atoms with Crippen LogP contribution in [0.1, 0.15) is 43.7 Å². The Balaban J connectivity index is 1.40. The third-order valence-electron chi connectivity index (χ3n) is 8.92. The Morgan fingerprint density at radius 3 is 2.59 bits per heavy atom. The van der Waals surface area contributed by atoms with Crippen molar-refractivity contribution in [2.24, 2.45) is 0 Å². The smallest absolute Gasteiger partial charge is 0.322 e. The maximum Gasteiger partial charge on any atom is 0.322 e. The van der Waals surface area contributed by atoms with Crippen LogP contribution in [0, 0.1) is 17.1 Å². The molecule has 0 radical (unpaired) electrons. The molecule has 1 aliphatic carbocycles. The first-order chi connectivity index (χ1) is 22.2. The number of halogens is 1. The van der Waals surface area contributed by atoms with Crippen LogP contribution in [0.15, 0.2) is 73.4 Å². The molecule has 2 aromatic carbocycles. The monoisotopic (exact) mass is 624 g/mol. The Kier molecular flexibility index (Phi) is 10.5. The first-order valence-corrected chi connectivity index (χ1v) is 15.7. The molecule has 240 valence electrons. The van der Waals surface area contributed by atoms with Crippen LogP contribution >= 0.6 is 0 Å². The first-order valence-electron chi connectivity index (χ1n) is 15.7. The number of likely N-dealkylation sites (N-methyl/N-ethyl adjacent to an activating group) is 1. The second kappa shape index (κ2) is 14.9. The zero-order valence-electron chi connectivity index (χ0n) is 26.4. The summed E-state index contributed by atoms with van der Waals surface area (Å²) in [5, 5.41) is 18.4. The van der Waals surface area contributed by atoms with Gasteiger partial charge < -0.3 is 25.8 Å². The average molecular weight is 625 g/mol. The van der Waals surface area contributed by atoms with E-state index in [1.807, 2.05) is 18.2 Å². The Bertz CT molecular complexity index is 1580. The molecule has 1 saturated heterocycles. The quantitative estimate of drug-likeness (QED) is 0.270. The van der Waals surface area contributed by atoms with Crippen molar-refractivity contribution in [1.29, 1.82) is 5.26 Å². The number of nitriles is 1. The van der Waals surface area contributed by atoms with Crippen molar-refractivity contribution in [3.63, 3.8) is 0 Å². The van der Waals surface area contributed by atoms with Crippen molar-refractivity contribution in [3.8, 4) is 6.07 Å². The third-order valence-corrected chi connectivity index (χ3v) is 8.92. The third kappa shape index (κ3) is 7.82. The molecule has 3 amide bonds. The van der Waals surface area contributed by atoms with E-state index in [0.29, 0.717) is 47.2 Å². The van der Waals surface area contributed by atoms with Gasteiger partial charge >= 0.3 is 6.03 Å². The minimum Gasteiger partial charge on any atom is -0.367 e. The number of benzene rings is 2. The van der Waals surface area contributed by atoms with Gasteiger partial charge in [-0.25, -0.2) is 14.2 Å². The number of piperazine rings is 1. The van der Waals surface area contributed by atoms with Crippen LogP contribution in [-0.4, -0.2) is 66.6 Å². The molecule has 46 heavy (non-hydrogen) atoms. The highest BCUT2D eigenvalue weighted by atomic mass is 19.1. The normalized spacial score (nSPS) is 19.9. The largest absolute Gasteiger partial charge is 0.367 e. The molecule has 1 aliphatic heterocycles. The van der Waals surface area contributed by atoms with E-state index in [9.17, 15) is 14.0 Å².